The highest BCUT2D eigenvalue weighted by Crippen LogP contribution is 2.24. The lowest BCUT2D eigenvalue weighted by atomic mass is 10.2. The van der Waals surface area contributed by atoms with E-state index in [0.717, 1.165) is 6.26 Å². The van der Waals surface area contributed by atoms with Gasteiger partial charge in [0.05, 0.1) is 5.69 Å². The predicted octanol–water partition coefficient (Wildman–Crippen LogP) is 1.54. The Kier molecular flexibility index (Phi) is 4.84. The summed E-state index contributed by atoms with van der Waals surface area (Å²) < 4.78 is 29.1. The number of anilines is 1. The summed E-state index contributed by atoms with van der Waals surface area (Å²) in [6.07, 6.45) is 2.28. The van der Waals surface area contributed by atoms with Gasteiger partial charge >= 0.3 is 6.09 Å². The second-order valence-corrected chi connectivity index (χ2v) is 8.49. The quantitative estimate of drug-likeness (QED) is 0.812. The highest BCUT2D eigenvalue weighted by molar-refractivity contribution is 7.90. The molecule has 0 unspecified atom stereocenters. The Morgan fingerprint density at radius 1 is 1.22 bits per heavy atom. The first-order valence-corrected chi connectivity index (χ1v) is 9.35. The largest absolute Gasteiger partial charge is 0.444 e. The van der Waals surface area contributed by atoms with Gasteiger partial charge in [0, 0.05) is 38.6 Å². The smallest absolute Gasteiger partial charge is 0.410 e. The second kappa shape index (κ2) is 6.35. The van der Waals surface area contributed by atoms with Crippen LogP contribution in [-0.2, 0) is 14.6 Å². The average molecular weight is 341 g/mol. The number of amides is 1. The summed E-state index contributed by atoms with van der Waals surface area (Å²) in [5, 5.41) is 0.0747. The number of carbonyl (C=O) groups excluding carboxylic acids is 1. The maximum Gasteiger partial charge on any atom is 0.410 e. The van der Waals surface area contributed by atoms with Crippen LogP contribution in [0.25, 0.3) is 0 Å². The molecule has 0 aromatic carbocycles. The van der Waals surface area contributed by atoms with Crippen molar-refractivity contribution < 1.29 is 17.9 Å². The molecule has 7 nitrogen and oxygen atoms in total. The highest BCUT2D eigenvalue weighted by atomic mass is 32.2. The van der Waals surface area contributed by atoms with Gasteiger partial charge in [-0.05, 0) is 32.9 Å². The van der Waals surface area contributed by atoms with Crippen LogP contribution in [0.15, 0.2) is 23.4 Å². The molecule has 1 fully saturated rings. The maximum atomic E-state index is 12.1. The number of rotatable bonds is 2. The van der Waals surface area contributed by atoms with E-state index in [4.69, 9.17) is 4.74 Å². The molecule has 2 rings (SSSR count). The van der Waals surface area contributed by atoms with Crippen molar-refractivity contribution >= 4 is 21.6 Å². The standard InChI is InChI=1S/C15H23N3O4S/c1-15(2,3)22-14(19)18-10-8-17(9-11-18)12-6-5-7-16-13(12)23(4,20)21/h5-7H,8-11H2,1-4H3. The molecule has 8 heteroatoms. The topological polar surface area (TPSA) is 79.8 Å². The van der Waals surface area contributed by atoms with Gasteiger partial charge in [0.25, 0.3) is 0 Å². The van der Waals surface area contributed by atoms with Crippen LogP contribution in [0.4, 0.5) is 10.5 Å². The minimum absolute atomic E-state index is 0.0747. The number of carbonyl (C=O) groups is 1. The number of pyridine rings is 1. The number of piperazine rings is 1. The van der Waals surface area contributed by atoms with Crippen molar-refractivity contribution in [3.05, 3.63) is 18.3 Å². The number of ether oxygens (including phenoxy) is 1. The van der Waals surface area contributed by atoms with Gasteiger partial charge in [0.2, 0.25) is 0 Å². The molecule has 0 bridgehead atoms. The molecule has 1 saturated heterocycles. The van der Waals surface area contributed by atoms with Crippen LogP contribution in [0.3, 0.4) is 0 Å². The molecule has 1 aliphatic rings. The third kappa shape index (κ3) is 4.57. The molecule has 0 atom stereocenters. The van der Waals surface area contributed by atoms with Crippen LogP contribution in [-0.4, -0.2) is 62.4 Å². The first-order valence-electron chi connectivity index (χ1n) is 7.46. The molecule has 0 radical (unpaired) electrons. The fraction of sp³-hybridized carbons (Fsp3) is 0.600. The summed E-state index contributed by atoms with van der Waals surface area (Å²) in [6.45, 7) is 7.51. The van der Waals surface area contributed by atoms with Crippen molar-refractivity contribution in [3.63, 3.8) is 0 Å². The van der Waals surface area contributed by atoms with E-state index in [-0.39, 0.29) is 11.1 Å². The van der Waals surface area contributed by atoms with Crippen LogP contribution in [0.5, 0.6) is 0 Å². The molecule has 1 aliphatic heterocycles. The lowest BCUT2D eigenvalue weighted by Crippen LogP contribution is -2.50. The number of nitrogens with zero attached hydrogens (tertiary/aromatic N) is 3. The summed E-state index contributed by atoms with van der Waals surface area (Å²) in [7, 11) is -3.39. The van der Waals surface area contributed by atoms with E-state index in [1.807, 2.05) is 25.7 Å². The van der Waals surface area contributed by atoms with Gasteiger partial charge in [0.1, 0.15) is 5.60 Å². The third-order valence-corrected chi connectivity index (χ3v) is 4.39. The molecule has 128 valence electrons. The molecular formula is C15H23N3O4S. The SMILES string of the molecule is CC(C)(C)OC(=O)N1CCN(c2cccnc2S(C)(=O)=O)CC1. The Balaban J connectivity index is 2.07. The first-order chi connectivity index (χ1) is 10.6. The molecule has 0 aliphatic carbocycles. The van der Waals surface area contributed by atoms with Gasteiger partial charge in [-0.25, -0.2) is 18.2 Å². The van der Waals surface area contributed by atoms with Crippen molar-refractivity contribution in [2.45, 2.75) is 31.4 Å². The van der Waals surface area contributed by atoms with Crippen LogP contribution >= 0.6 is 0 Å². The first kappa shape index (κ1) is 17.5. The highest BCUT2D eigenvalue weighted by Gasteiger charge is 2.28. The van der Waals surface area contributed by atoms with Crippen molar-refractivity contribution in [3.8, 4) is 0 Å². The molecule has 0 spiro atoms. The number of sulfone groups is 1. The Morgan fingerprint density at radius 3 is 2.35 bits per heavy atom. The predicted molar refractivity (Wildman–Crippen MR) is 87.4 cm³/mol. The van der Waals surface area contributed by atoms with Crippen molar-refractivity contribution in [2.75, 3.05) is 37.3 Å². The molecule has 2 heterocycles. The van der Waals surface area contributed by atoms with Crippen LogP contribution < -0.4 is 4.90 Å². The van der Waals surface area contributed by atoms with Crippen LogP contribution in [0.2, 0.25) is 0 Å². The monoisotopic (exact) mass is 341 g/mol. The number of hydrogen-bond acceptors (Lipinski definition) is 6. The Bertz CT molecular complexity index is 674. The maximum absolute atomic E-state index is 12.1. The van der Waals surface area contributed by atoms with E-state index in [1.54, 1.807) is 17.0 Å². The van der Waals surface area contributed by atoms with E-state index >= 15 is 0 Å². The number of aromatic nitrogens is 1. The van der Waals surface area contributed by atoms with Gasteiger partial charge in [0.15, 0.2) is 14.9 Å². The Morgan fingerprint density at radius 2 is 1.83 bits per heavy atom. The van der Waals surface area contributed by atoms with E-state index < -0.39 is 15.4 Å². The van der Waals surface area contributed by atoms with E-state index in [9.17, 15) is 13.2 Å². The fourth-order valence-electron chi connectivity index (χ4n) is 2.37. The van der Waals surface area contributed by atoms with Gasteiger partial charge in [-0.2, -0.15) is 0 Å². The zero-order valence-corrected chi connectivity index (χ0v) is 14.8. The van der Waals surface area contributed by atoms with Crippen LogP contribution in [0.1, 0.15) is 20.8 Å². The zero-order chi connectivity index (χ0) is 17.3. The molecule has 1 amide bonds. The molecule has 1 aromatic heterocycles. The summed E-state index contributed by atoms with van der Waals surface area (Å²) in [5.41, 5.74) is 0.0555. The van der Waals surface area contributed by atoms with Gasteiger partial charge < -0.3 is 14.5 Å². The molecule has 23 heavy (non-hydrogen) atoms. The molecule has 0 N–H and O–H groups in total. The second-order valence-electron chi connectivity index (χ2n) is 6.55. The van der Waals surface area contributed by atoms with Crippen molar-refractivity contribution in [1.29, 1.82) is 0 Å². The molecular weight excluding hydrogens is 318 g/mol. The van der Waals surface area contributed by atoms with Crippen molar-refractivity contribution in [2.24, 2.45) is 0 Å². The lowest BCUT2D eigenvalue weighted by molar-refractivity contribution is 0.0240. The lowest BCUT2D eigenvalue weighted by Gasteiger charge is -2.37. The van der Waals surface area contributed by atoms with Gasteiger partial charge in [-0.15, -0.1) is 0 Å². The minimum atomic E-state index is -3.39. The fourth-order valence-corrected chi connectivity index (χ4v) is 3.19. The van der Waals surface area contributed by atoms with Crippen molar-refractivity contribution in [1.82, 2.24) is 9.88 Å². The van der Waals surface area contributed by atoms with Crippen LogP contribution in [0, 0.1) is 0 Å². The minimum Gasteiger partial charge on any atom is -0.444 e. The normalized spacial score (nSPS) is 16.3. The molecule has 0 saturated carbocycles. The average Bonchev–Trinajstić information content (AvgIpc) is 2.45. The summed E-state index contributed by atoms with van der Waals surface area (Å²) >= 11 is 0. The van der Waals surface area contributed by atoms with Gasteiger partial charge in [-0.3, -0.25) is 0 Å². The summed E-state index contributed by atoms with van der Waals surface area (Å²) in [4.78, 5) is 19.6. The number of hydrogen-bond donors (Lipinski definition) is 0. The third-order valence-electron chi connectivity index (χ3n) is 3.37. The summed E-state index contributed by atoms with van der Waals surface area (Å²) in [5.74, 6) is 0. The van der Waals surface area contributed by atoms with Gasteiger partial charge in [-0.1, -0.05) is 0 Å². The van der Waals surface area contributed by atoms with E-state index in [1.165, 1.54) is 6.20 Å². The summed E-state index contributed by atoms with van der Waals surface area (Å²) in [6, 6.07) is 3.46. The zero-order valence-electron chi connectivity index (χ0n) is 13.9. The molecule has 1 aromatic rings. The van der Waals surface area contributed by atoms with E-state index in [2.05, 4.69) is 4.98 Å². The Labute approximate surface area is 137 Å². The van der Waals surface area contributed by atoms with E-state index in [0.29, 0.717) is 31.9 Å². The Hall–Kier alpha value is -1.83.